The first-order valence-electron chi connectivity index (χ1n) is 9.00. The molecule has 4 heteroatoms. The maximum absolute atomic E-state index is 12.3. The maximum Gasteiger partial charge on any atom is 0.410 e. The molecular weight excluding hydrogens is 312 g/mol. The minimum Gasteiger partial charge on any atom is -0.444 e. The molecule has 2 aromatic rings. The number of amides is 1. The van der Waals surface area contributed by atoms with Crippen LogP contribution < -0.4 is 5.73 Å². The van der Waals surface area contributed by atoms with Crippen molar-refractivity contribution in [3.05, 3.63) is 48.0 Å². The molecule has 0 atom stereocenters. The Labute approximate surface area is 149 Å². The fourth-order valence-corrected chi connectivity index (χ4v) is 3.57. The molecule has 0 bridgehead atoms. The van der Waals surface area contributed by atoms with E-state index in [0.29, 0.717) is 19.6 Å². The van der Waals surface area contributed by atoms with Crippen LogP contribution in [0.2, 0.25) is 0 Å². The van der Waals surface area contributed by atoms with Gasteiger partial charge in [-0.05, 0) is 49.9 Å². The van der Waals surface area contributed by atoms with Crippen LogP contribution in [0.4, 0.5) is 4.79 Å². The molecule has 0 spiro atoms. The second-order valence-corrected chi connectivity index (χ2v) is 8.01. The SMILES string of the molecule is CC(C)(C)OC(=O)N1CCC(CN)(c2ccc3ccccc3c2)CC1. The highest BCUT2D eigenvalue weighted by atomic mass is 16.6. The minimum absolute atomic E-state index is 0.0669. The van der Waals surface area contributed by atoms with Crippen LogP contribution >= 0.6 is 0 Å². The number of hydrogen-bond donors (Lipinski definition) is 1. The number of hydrogen-bond acceptors (Lipinski definition) is 3. The van der Waals surface area contributed by atoms with Crippen molar-refractivity contribution in [1.82, 2.24) is 4.90 Å². The van der Waals surface area contributed by atoms with Crippen LogP contribution in [-0.4, -0.2) is 36.2 Å². The summed E-state index contributed by atoms with van der Waals surface area (Å²) in [7, 11) is 0. The average molecular weight is 340 g/mol. The molecular formula is C21H28N2O2. The Hall–Kier alpha value is -2.07. The zero-order valence-electron chi connectivity index (χ0n) is 15.4. The lowest BCUT2D eigenvalue weighted by Crippen LogP contribution is -2.49. The van der Waals surface area contributed by atoms with Crippen molar-refractivity contribution >= 4 is 16.9 Å². The molecule has 0 saturated carbocycles. The van der Waals surface area contributed by atoms with E-state index in [1.54, 1.807) is 4.90 Å². The van der Waals surface area contributed by atoms with Gasteiger partial charge in [-0.15, -0.1) is 0 Å². The Morgan fingerprint density at radius 1 is 1.12 bits per heavy atom. The van der Waals surface area contributed by atoms with Gasteiger partial charge in [0.15, 0.2) is 0 Å². The number of piperidine rings is 1. The van der Waals surface area contributed by atoms with Gasteiger partial charge in [-0.25, -0.2) is 4.79 Å². The van der Waals surface area contributed by atoms with Gasteiger partial charge in [0.25, 0.3) is 0 Å². The predicted octanol–water partition coefficient (Wildman–Crippen LogP) is 4.07. The normalized spacial score (nSPS) is 17.5. The predicted molar refractivity (Wildman–Crippen MR) is 102 cm³/mol. The summed E-state index contributed by atoms with van der Waals surface area (Å²) in [6.45, 7) is 7.64. The van der Waals surface area contributed by atoms with Crippen molar-refractivity contribution in [3.8, 4) is 0 Å². The van der Waals surface area contributed by atoms with Gasteiger partial charge >= 0.3 is 6.09 Å². The fraction of sp³-hybridized carbons (Fsp3) is 0.476. The van der Waals surface area contributed by atoms with E-state index in [1.165, 1.54) is 16.3 Å². The zero-order chi connectivity index (χ0) is 18.1. The smallest absolute Gasteiger partial charge is 0.410 e. The molecule has 0 aliphatic carbocycles. The lowest BCUT2D eigenvalue weighted by atomic mass is 9.72. The van der Waals surface area contributed by atoms with Gasteiger partial charge in [0, 0.05) is 25.0 Å². The number of benzene rings is 2. The van der Waals surface area contributed by atoms with Crippen LogP contribution in [0, 0.1) is 0 Å². The zero-order valence-corrected chi connectivity index (χ0v) is 15.4. The molecule has 2 aromatic carbocycles. The third-order valence-electron chi connectivity index (χ3n) is 5.12. The van der Waals surface area contributed by atoms with E-state index in [9.17, 15) is 4.79 Å². The summed E-state index contributed by atoms with van der Waals surface area (Å²) in [6.07, 6.45) is 1.50. The number of nitrogens with two attached hydrogens (primary N) is 1. The van der Waals surface area contributed by atoms with E-state index in [0.717, 1.165) is 12.8 Å². The summed E-state index contributed by atoms with van der Waals surface area (Å²) in [5.74, 6) is 0. The van der Waals surface area contributed by atoms with E-state index in [2.05, 4.69) is 42.5 Å². The highest BCUT2D eigenvalue weighted by Gasteiger charge is 2.37. The van der Waals surface area contributed by atoms with Gasteiger partial charge in [0.2, 0.25) is 0 Å². The van der Waals surface area contributed by atoms with Crippen LogP contribution in [-0.2, 0) is 10.2 Å². The first-order chi connectivity index (χ1) is 11.8. The summed E-state index contributed by atoms with van der Waals surface area (Å²) in [5, 5.41) is 2.48. The molecule has 1 aliphatic rings. The lowest BCUT2D eigenvalue weighted by Gasteiger charge is -2.42. The van der Waals surface area contributed by atoms with Crippen LogP contribution in [0.3, 0.4) is 0 Å². The Balaban J connectivity index is 1.77. The van der Waals surface area contributed by atoms with E-state index < -0.39 is 5.60 Å². The number of fused-ring (bicyclic) bond motifs is 1. The quantitative estimate of drug-likeness (QED) is 0.896. The van der Waals surface area contributed by atoms with Crippen LogP contribution in [0.5, 0.6) is 0 Å². The molecule has 3 rings (SSSR count). The molecule has 25 heavy (non-hydrogen) atoms. The maximum atomic E-state index is 12.3. The van der Waals surface area contributed by atoms with Crippen LogP contribution in [0.15, 0.2) is 42.5 Å². The second-order valence-electron chi connectivity index (χ2n) is 8.01. The summed E-state index contributed by atoms with van der Waals surface area (Å²) < 4.78 is 5.50. The molecule has 4 nitrogen and oxygen atoms in total. The third-order valence-corrected chi connectivity index (χ3v) is 5.12. The Morgan fingerprint density at radius 3 is 2.36 bits per heavy atom. The summed E-state index contributed by atoms with van der Waals surface area (Å²) in [5.41, 5.74) is 6.95. The van der Waals surface area contributed by atoms with Crippen molar-refractivity contribution < 1.29 is 9.53 Å². The largest absolute Gasteiger partial charge is 0.444 e. The Kier molecular flexibility index (Phi) is 4.74. The van der Waals surface area contributed by atoms with Gasteiger partial charge in [-0.3, -0.25) is 0 Å². The molecule has 2 N–H and O–H groups in total. The van der Waals surface area contributed by atoms with Gasteiger partial charge in [-0.1, -0.05) is 42.5 Å². The van der Waals surface area contributed by atoms with Crippen LogP contribution in [0.1, 0.15) is 39.2 Å². The third kappa shape index (κ3) is 3.79. The summed E-state index contributed by atoms with van der Waals surface area (Å²) >= 11 is 0. The highest BCUT2D eigenvalue weighted by molar-refractivity contribution is 5.83. The van der Waals surface area contributed by atoms with E-state index >= 15 is 0 Å². The van der Waals surface area contributed by atoms with Crippen molar-refractivity contribution in [1.29, 1.82) is 0 Å². The van der Waals surface area contributed by atoms with E-state index in [1.807, 2.05) is 20.8 Å². The topological polar surface area (TPSA) is 55.6 Å². The summed E-state index contributed by atoms with van der Waals surface area (Å²) in [4.78, 5) is 14.1. The molecule has 1 amide bonds. The number of likely N-dealkylation sites (tertiary alicyclic amines) is 1. The van der Waals surface area contributed by atoms with Crippen molar-refractivity contribution in [2.24, 2.45) is 5.73 Å². The Bertz CT molecular complexity index is 756. The molecule has 1 aliphatic heterocycles. The summed E-state index contributed by atoms with van der Waals surface area (Å²) in [6, 6.07) is 15.0. The molecule has 1 saturated heterocycles. The monoisotopic (exact) mass is 340 g/mol. The van der Waals surface area contributed by atoms with Crippen LogP contribution in [0.25, 0.3) is 10.8 Å². The lowest BCUT2D eigenvalue weighted by molar-refractivity contribution is 0.0167. The number of carbonyl (C=O) groups is 1. The van der Waals surface area contributed by atoms with Crippen molar-refractivity contribution in [2.75, 3.05) is 19.6 Å². The van der Waals surface area contributed by atoms with E-state index in [-0.39, 0.29) is 11.5 Å². The van der Waals surface area contributed by atoms with Crippen molar-refractivity contribution in [3.63, 3.8) is 0 Å². The van der Waals surface area contributed by atoms with Gasteiger partial charge in [0.1, 0.15) is 5.60 Å². The minimum atomic E-state index is -0.460. The standard InChI is InChI=1S/C21H28N2O2/c1-20(2,3)25-19(24)23-12-10-21(15-22,11-13-23)18-9-8-16-6-4-5-7-17(16)14-18/h4-9,14H,10-13,15,22H2,1-3H3. The molecule has 0 aromatic heterocycles. The van der Waals surface area contributed by atoms with Gasteiger partial charge < -0.3 is 15.4 Å². The molecule has 1 fully saturated rings. The average Bonchev–Trinajstić information content (AvgIpc) is 2.60. The Morgan fingerprint density at radius 2 is 1.76 bits per heavy atom. The number of carbonyl (C=O) groups excluding carboxylic acids is 1. The molecule has 0 radical (unpaired) electrons. The highest BCUT2D eigenvalue weighted by Crippen LogP contribution is 2.36. The van der Waals surface area contributed by atoms with Gasteiger partial charge in [0.05, 0.1) is 0 Å². The first-order valence-corrected chi connectivity index (χ1v) is 9.00. The molecule has 134 valence electrons. The first kappa shape index (κ1) is 17.7. The van der Waals surface area contributed by atoms with Gasteiger partial charge in [-0.2, -0.15) is 0 Å². The number of ether oxygens (including phenoxy) is 1. The number of rotatable bonds is 2. The van der Waals surface area contributed by atoms with Crippen molar-refractivity contribution in [2.45, 2.75) is 44.6 Å². The van der Waals surface area contributed by atoms with E-state index in [4.69, 9.17) is 10.5 Å². The second kappa shape index (κ2) is 6.68. The fourth-order valence-electron chi connectivity index (χ4n) is 3.57. The molecule has 0 unspecified atom stereocenters. The number of nitrogens with zero attached hydrogens (tertiary/aromatic N) is 1. The molecule has 1 heterocycles.